The Labute approximate surface area is 155 Å². The largest absolute Gasteiger partial charge is 0.337 e. The van der Waals surface area contributed by atoms with Gasteiger partial charge in [0, 0.05) is 25.2 Å². The molecule has 3 rings (SSSR count). The van der Waals surface area contributed by atoms with Gasteiger partial charge in [-0.05, 0) is 56.1 Å². The second kappa shape index (κ2) is 9.17. The summed E-state index contributed by atoms with van der Waals surface area (Å²) in [6.07, 6.45) is 3.23. The summed E-state index contributed by atoms with van der Waals surface area (Å²) in [4.78, 5) is 17.1. The summed E-state index contributed by atoms with van der Waals surface area (Å²) in [6, 6.07) is 19.7. The lowest BCUT2D eigenvalue weighted by Crippen LogP contribution is -2.35. The number of nitrogens with zero attached hydrogens (tertiary/aromatic N) is 3. The molecular weight excluding hydrogens is 322 g/mol. The van der Waals surface area contributed by atoms with Gasteiger partial charge in [0.15, 0.2) is 0 Å². The van der Waals surface area contributed by atoms with Crippen LogP contribution in [0, 0.1) is 11.3 Å². The van der Waals surface area contributed by atoms with Gasteiger partial charge in [-0.2, -0.15) is 5.26 Å². The topological polar surface area (TPSA) is 47.3 Å². The molecule has 0 N–H and O–H groups in total. The minimum atomic E-state index is 0.0354. The minimum Gasteiger partial charge on any atom is -0.337 e. The quantitative estimate of drug-likeness (QED) is 0.833. The summed E-state index contributed by atoms with van der Waals surface area (Å²) in [5.74, 6) is 0.0354. The van der Waals surface area contributed by atoms with E-state index in [1.165, 1.54) is 5.56 Å². The Kier molecular flexibility index (Phi) is 6.40. The zero-order chi connectivity index (χ0) is 18.2. The number of nitriles is 1. The fourth-order valence-electron chi connectivity index (χ4n) is 3.45. The number of amides is 1. The van der Waals surface area contributed by atoms with Crippen LogP contribution in [-0.4, -0.2) is 48.4 Å². The molecule has 0 spiro atoms. The molecule has 1 saturated heterocycles. The van der Waals surface area contributed by atoms with Crippen molar-refractivity contribution in [2.45, 2.75) is 19.3 Å². The third-order valence-electron chi connectivity index (χ3n) is 4.90. The van der Waals surface area contributed by atoms with Crippen LogP contribution in [-0.2, 0) is 6.42 Å². The molecule has 2 aromatic carbocycles. The van der Waals surface area contributed by atoms with Gasteiger partial charge in [-0.15, -0.1) is 0 Å². The molecule has 1 fully saturated rings. The third kappa shape index (κ3) is 4.93. The van der Waals surface area contributed by atoms with Crippen LogP contribution in [0.1, 0.15) is 34.3 Å². The van der Waals surface area contributed by atoms with Crippen LogP contribution in [0.15, 0.2) is 54.6 Å². The monoisotopic (exact) mass is 347 g/mol. The van der Waals surface area contributed by atoms with Gasteiger partial charge >= 0.3 is 0 Å². The molecule has 1 aliphatic rings. The minimum absolute atomic E-state index is 0.0354. The summed E-state index contributed by atoms with van der Waals surface area (Å²) < 4.78 is 0. The molecule has 4 nitrogen and oxygen atoms in total. The fourth-order valence-corrected chi connectivity index (χ4v) is 3.45. The molecule has 134 valence electrons. The van der Waals surface area contributed by atoms with Gasteiger partial charge < -0.3 is 9.80 Å². The molecule has 1 heterocycles. The predicted molar refractivity (Wildman–Crippen MR) is 103 cm³/mol. The molecule has 1 aliphatic heterocycles. The van der Waals surface area contributed by atoms with Crippen molar-refractivity contribution in [1.82, 2.24) is 9.80 Å². The van der Waals surface area contributed by atoms with E-state index in [9.17, 15) is 4.79 Å². The van der Waals surface area contributed by atoms with Crippen molar-refractivity contribution < 1.29 is 4.79 Å². The van der Waals surface area contributed by atoms with Crippen molar-refractivity contribution in [3.05, 3.63) is 71.3 Å². The van der Waals surface area contributed by atoms with E-state index in [1.807, 2.05) is 4.90 Å². The molecular formula is C22H25N3O. The maximum atomic E-state index is 12.7. The summed E-state index contributed by atoms with van der Waals surface area (Å²) >= 11 is 0. The first-order valence-electron chi connectivity index (χ1n) is 9.32. The highest BCUT2D eigenvalue weighted by Gasteiger charge is 2.20. The fraction of sp³-hybridized carbons (Fsp3) is 0.364. The number of benzene rings is 2. The molecule has 0 unspecified atom stereocenters. The molecule has 2 aromatic rings. The Morgan fingerprint density at radius 3 is 2.65 bits per heavy atom. The molecule has 4 heteroatoms. The van der Waals surface area contributed by atoms with E-state index in [1.54, 1.807) is 24.3 Å². The van der Waals surface area contributed by atoms with Crippen LogP contribution in [0.4, 0.5) is 0 Å². The van der Waals surface area contributed by atoms with Gasteiger partial charge in [0.05, 0.1) is 11.6 Å². The first-order chi connectivity index (χ1) is 12.8. The lowest BCUT2D eigenvalue weighted by Gasteiger charge is -2.22. The van der Waals surface area contributed by atoms with E-state index in [4.69, 9.17) is 5.26 Å². The van der Waals surface area contributed by atoms with E-state index in [0.29, 0.717) is 11.1 Å². The van der Waals surface area contributed by atoms with Crippen molar-refractivity contribution in [2.24, 2.45) is 0 Å². The predicted octanol–water partition coefficient (Wildman–Crippen LogP) is 3.34. The molecule has 0 aromatic heterocycles. The first kappa shape index (κ1) is 18.2. The maximum absolute atomic E-state index is 12.7. The SMILES string of the molecule is N#Cc1cccc(C(=O)N2CCCN(CCCc3ccccc3)CC2)c1. The van der Waals surface area contributed by atoms with Crippen molar-refractivity contribution in [3.8, 4) is 6.07 Å². The van der Waals surface area contributed by atoms with Crippen LogP contribution >= 0.6 is 0 Å². The number of aryl methyl sites for hydroxylation is 1. The van der Waals surface area contributed by atoms with Gasteiger partial charge in [0.2, 0.25) is 0 Å². The van der Waals surface area contributed by atoms with E-state index in [2.05, 4.69) is 41.3 Å². The van der Waals surface area contributed by atoms with Crippen LogP contribution < -0.4 is 0 Å². The first-order valence-corrected chi connectivity index (χ1v) is 9.32. The van der Waals surface area contributed by atoms with Gasteiger partial charge in [-0.25, -0.2) is 0 Å². The summed E-state index contributed by atoms with van der Waals surface area (Å²) in [5, 5.41) is 9.02. The normalized spacial score (nSPS) is 15.3. The molecule has 0 saturated carbocycles. The van der Waals surface area contributed by atoms with Gasteiger partial charge in [0.25, 0.3) is 5.91 Å². The zero-order valence-electron chi connectivity index (χ0n) is 15.1. The van der Waals surface area contributed by atoms with Crippen molar-refractivity contribution in [2.75, 3.05) is 32.7 Å². The van der Waals surface area contributed by atoms with Crippen LogP contribution in [0.3, 0.4) is 0 Å². The molecule has 0 aliphatic carbocycles. The van der Waals surface area contributed by atoms with Gasteiger partial charge in [0.1, 0.15) is 0 Å². The van der Waals surface area contributed by atoms with E-state index >= 15 is 0 Å². The second-order valence-corrected chi connectivity index (χ2v) is 6.77. The number of rotatable bonds is 5. The number of carbonyl (C=O) groups is 1. The molecule has 0 radical (unpaired) electrons. The lowest BCUT2D eigenvalue weighted by molar-refractivity contribution is 0.0761. The standard InChI is InChI=1S/C22H25N3O/c23-18-20-9-4-11-21(17-20)22(26)25-14-6-13-24(15-16-25)12-5-10-19-7-2-1-3-8-19/h1-4,7-9,11,17H,5-6,10,12-16H2. The molecule has 0 bridgehead atoms. The summed E-state index contributed by atoms with van der Waals surface area (Å²) in [6.45, 7) is 4.56. The lowest BCUT2D eigenvalue weighted by atomic mass is 10.1. The average Bonchev–Trinajstić information content (AvgIpc) is 2.94. The molecule has 0 atom stereocenters. The molecule has 26 heavy (non-hydrogen) atoms. The van der Waals surface area contributed by atoms with Gasteiger partial charge in [-0.1, -0.05) is 36.4 Å². The highest BCUT2D eigenvalue weighted by Crippen LogP contribution is 2.12. The van der Waals surface area contributed by atoms with Crippen LogP contribution in [0.5, 0.6) is 0 Å². The van der Waals surface area contributed by atoms with Crippen molar-refractivity contribution >= 4 is 5.91 Å². The van der Waals surface area contributed by atoms with Crippen LogP contribution in [0.2, 0.25) is 0 Å². The Morgan fingerprint density at radius 1 is 1.00 bits per heavy atom. The van der Waals surface area contributed by atoms with Gasteiger partial charge in [-0.3, -0.25) is 4.79 Å². The van der Waals surface area contributed by atoms with Crippen molar-refractivity contribution in [1.29, 1.82) is 5.26 Å². The van der Waals surface area contributed by atoms with Crippen LogP contribution in [0.25, 0.3) is 0 Å². The maximum Gasteiger partial charge on any atom is 0.253 e. The average molecular weight is 347 g/mol. The Bertz CT molecular complexity index is 766. The zero-order valence-corrected chi connectivity index (χ0v) is 15.1. The van der Waals surface area contributed by atoms with E-state index in [0.717, 1.165) is 52.0 Å². The number of hydrogen-bond donors (Lipinski definition) is 0. The van der Waals surface area contributed by atoms with E-state index in [-0.39, 0.29) is 5.91 Å². The number of carbonyl (C=O) groups excluding carboxylic acids is 1. The summed E-state index contributed by atoms with van der Waals surface area (Å²) in [7, 11) is 0. The smallest absolute Gasteiger partial charge is 0.253 e. The Morgan fingerprint density at radius 2 is 1.85 bits per heavy atom. The van der Waals surface area contributed by atoms with Crippen molar-refractivity contribution in [3.63, 3.8) is 0 Å². The van der Waals surface area contributed by atoms with E-state index < -0.39 is 0 Å². The Balaban J connectivity index is 1.49. The Hall–Kier alpha value is -2.64. The molecule has 1 amide bonds. The third-order valence-corrected chi connectivity index (χ3v) is 4.90. The highest BCUT2D eigenvalue weighted by molar-refractivity contribution is 5.94. The summed E-state index contributed by atoms with van der Waals surface area (Å²) in [5.41, 5.74) is 2.53. The highest BCUT2D eigenvalue weighted by atomic mass is 16.2. The second-order valence-electron chi connectivity index (χ2n) is 6.77. The number of hydrogen-bond acceptors (Lipinski definition) is 3.